The highest BCUT2D eigenvalue weighted by molar-refractivity contribution is 5.77. The van der Waals surface area contributed by atoms with Crippen LogP contribution in [0.15, 0.2) is 12.1 Å². The Morgan fingerprint density at radius 3 is 2.24 bits per heavy atom. The highest BCUT2D eigenvalue weighted by Gasteiger charge is 2.11. The molecule has 1 aromatic rings. The van der Waals surface area contributed by atoms with Crippen molar-refractivity contribution < 1.29 is 9.53 Å². The molecule has 1 rings (SSSR count). The number of aryl methyl sites for hydroxylation is 2. The molecule has 0 fully saturated rings. The topological polar surface area (TPSA) is 50.4 Å². The Morgan fingerprint density at radius 2 is 1.76 bits per heavy atom. The van der Waals surface area contributed by atoms with Crippen LogP contribution in [0, 0.1) is 13.8 Å². The van der Waals surface area contributed by atoms with E-state index in [1.165, 1.54) is 5.56 Å². The van der Waals surface area contributed by atoms with Crippen LogP contribution in [-0.2, 0) is 11.3 Å². The summed E-state index contributed by atoms with van der Waals surface area (Å²) in [6, 6.07) is 4.22. The van der Waals surface area contributed by atoms with Gasteiger partial charge in [0.15, 0.2) is 6.61 Å². The molecular weight excluding hydrogens is 264 g/mol. The number of nitrogens with one attached hydrogen (secondary N) is 2. The normalized spacial score (nSPS) is 11.3. The first-order valence-corrected chi connectivity index (χ1v) is 7.47. The zero-order chi connectivity index (χ0) is 16.0. The summed E-state index contributed by atoms with van der Waals surface area (Å²) in [6.45, 7) is 13.9. The van der Waals surface area contributed by atoms with Crippen LogP contribution in [0.3, 0.4) is 0 Å². The highest BCUT2D eigenvalue weighted by Crippen LogP contribution is 2.25. The molecule has 0 unspecified atom stereocenters. The first-order valence-electron chi connectivity index (χ1n) is 7.47. The lowest BCUT2D eigenvalue weighted by atomic mass is 10.0. The van der Waals surface area contributed by atoms with Gasteiger partial charge in [0, 0.05) is 18.6 Å². The van der Waals surface area contributed by atoms with Crippen LogP contribution in [0.5, 0.6) is 5.75 Å². The van der Waals surface area contributed by atoms with Crippen molar-refractivity contribution in [3.8, 4) is 5.75 Å². The van der Waals surface area contributed by atoms with E-state index in [4.69, 9.17) is 4.74 Å². The number of likely N-dealkylation sites (N-methyl/N-ethyl adjacent to an activating group) is 1. The summed E-state index contributed by atoms with van der Waals surface area (Å²) < 4.78 is 5.65. The smallest absolute Gasteiger partial charge is 0.257 e. The Morgan fingerprint density at radius 1 is 1.19 bits per heavy atom. The van der Waals surface area contributed by atoms with E-state index >= 15 is 0 Å². The van der Waals surface area contributed by atoms with Gasteiger partial charge < -0.3 is 15.4 Å². The van der Waals surface area contributed by atoms with Crippen LogP contribution >= 0.6 is 0 Å². The average molecular weight is 292 g/mol. The maximum absolute atomic E-state index is 11.5. The van der Waals surface area contributed by atoms with Crippen molar-refractivity contribution in [3.63, 3.8) is 0 Å². The van der Waals surface area contributed by atoms with Crippen molar-refractivity contribution in [1.82, 2.24) is 10.6 Å². The van der Waals surface area contributed by atoms with Gasteiger partial charge in [-0.1, -0.05) is 12.1 Å². The minimum absolute atomic E-state index is 0.0646. The van der Waals surface area contributed by atoms with Gasteiger partial charge in [0.2, 0.25) is 0 Å². The first-order chi connectivity index (χ1) is 9.73. The fourth-order valence-corrected chi connectivity index (χ4v) is 2.12. The Labute approximate surface area is 128 Å². The molecule has 21 heavy (non-hydrogen) atoms. The lowest BCUT2D eigenvalue weighted by molar-refractivity contribution is -0.122. The van der Waals surface area contributed by atoms with E-state index in [2.05, 4.69) is 43.5 Å². The summed E-state index contributed by atoms with van der Waals surface area (Å²) in [5.41, 5.74) is 3.44. The molecule has 1 amide bonds. The average Bonchev–Trinajstić information content (AvgIpc) is 2.35. The van der Waals surface area contributed by atoms with Gasteiger partial charge in [-0.25, -0.2) is 0 Å². The molecule has 0 atom stereocenters. The predicted molar refractivity (Wildman–Crippen MR) is 86.7 cm³/mol. The van der Waals surface area contributed by atoms with Gasteiger partial charge in [-0.15, -0.1) is 0 Å². The van der Waals surface area contributed by atoms with E-state index < -0.39 is 0 Å². The van der Waals surface area contributed by atoms with Gasteiger partial charge in [0.25, 0.3) is 5.91 Å². The van der Waals surface area contributed by atoms with Gasteiger partial charge in [0.05, 0.1) is 0 Å². The molecule has 0 aliphatic carbocycles. The number of ether oxygens (including phenoxy) is 1. The van der Waals surface area contributed by atoms with Gasteiger partial charge in [0.1, 0.15) is 5.75 Å². The third-order valence-corrected chi connectivity index (χ3v) is 3.06. The molecular formula is C17H28N2O2. The second kappa shape index (κ2) is 7.46. The quantitative estimate of drug-likeness (QED) is 0.847. The largest absolute Gasteiger partial charge is 0.483 e. The van der Waals surface area contributed by atoms with Crippen LogP contribution in [0.2, 0.25) is 0 Å². The van der Waals surface area contributed by atoms with Crippen LogP contribution in [-0.4, -0.2) is 24.6 Å². The van der Waals surface area contributed by atoms with Crippen molar-refractivity contribution in [3.05, 3.63) is 28.8 Å². The van der Waals surface area contributed by atoms with E-state index in [-0.39, 0.29) is 18.1 Å². The fourth-order valence-electron chi connectivity index (χ4n) is 2.12. The number of carbonyl (C=O) groups excluding carboxylic acids is 1. The van der Waals surface area contributed by atoms with Crippen molar-refractivity contribution >= 4 is 5.91 Å². The maximum atomic E-state index is 11.5. The third kappa shape index (κ3) is 6.17. The molecule has 4 nitrogen and oxygen atoms in total. The first kappa shape index (κ1) is 17.5. The predicted octanol–water partition coefficient (Wildman–Crippen LogP) is 2.71. The summed E-state index contributed by atoms with van der Waals surface area (Å²) in [6.07, 6.45) is 0. The second-order valence-corrected chi connectivity index (χ2v) is 6.40. The summed E-state index contributed by atoms with van der Waals surface area (Å²) in [7, 11) is 0. The standard InChI is InChI=1S/C17H28N2O2/c1-7-18-15(20)11-21-16-12(2)8-14(9-13(16)3)10-19-17(4,5)6/h8-9,19H,7,10-11H2,1-6H3,(H,18,20). The van der Waals surface area contributed by atoms with Crippen LogP contribution in [0.4, 0.5) is 0 Å². The minimum Gasteiger partial charge on any atom is -0.483 e. The zero-order valence-corrected chi connectivity index (χ0v) is 14.1. The molecule has 0 heterocycles. The molecule has 0 aliphatic rings. The number of hydrogen-bond acceptors (Lipinski definition) is 3. The van der Waals surface area contributed by atoms with Gasteiger partial charge in [-0.05, 0) is 58.2 Å². The maximum Gasteiger partial charge on any atom is 0.257 e. The van der Waals surface area contributed by atoms with Gasteiger partial charge in [-0.2, -0.15) is 0 Å². The molecule has 0 aromatic heterocycles. The summed E-state index contributed by atoms with van der Waals surface area (Å²) in [4.78, 5) is 11.5. The van der Waals surface area contributed by atoms with Gasteiger partial charge >= 0.3 is 0 Å². The SMILES string of the molecule is CCNC(=O)COc1c(C)cc(CNC(C)(C)C)cc1C. The van der Waals surface area contributed by atoms with Crippen molar-refractivity contribution in [1.29, 1.82) is 0 Å². The van der Waals surface area contributed by atoms with E-state index in [9.17, 15) is 4.79 Å². The van der Waals surface area contributed by atoms with Crippen LogP contribution < -0.4 is 15.4 Å². The number of hydrogen-bond donors (Lipinski definition) is 2. The van der Waals surface area contributed by atoms with Crippen molar-refractivity contribution in [2.75, 3.05) is 13.2 Å². The molecule has 1 aromatic carbocycles. The molecule has 0 bridgehead atoms. The van der Waals surface area contributed by atoms with E-state index in [1.807, 2.05) is 20.8 Å². The number of benzene rings is 1. The molecule has 0 spiro atoms. The van der Waals surface area contributed by atoms with Gasteiger partial charge in [-0.3, -0.25) is 4.79 Å². The minimum atomic E-state index is -0.0882. The molecule has 4 heteroatoms. The Bertz CT molecular complexity index is 467. The van der Waals surface area contributed by atoms with E-state index in [1.54, 1.807) is 0 Å². The summed E-state index contributed by atoms with van der Waals surface area (Å²) >= 11 is 0. The van der Waals surface area contributed by atoms with E-state index in [0.717, 1.165) is 23.4 Å². The van der Waals surface area contributed by atoms with Crippen molar-refractivity contribution in [2.24, 2.45) is 0 Å². The molecule has 118 valence electrons. The lowest BCUT2D eigenvalue weighted by Crippen LogP contribution is -2.35. The zero-order valence-electron chi connectivity index (χ0n) is 14.1. The highest BCUT2D eigenvalue weighted by atomic mass is 16.5. The Balaban J connectivity index is 2.73. The van der Waals surface area contributed by atoms with E-state index in [0.29, 0.717) is 6.54 Å². The number of amides is 1. The van der Waals surface area contributed by atoms with Crippen molar-refractivity contribution in [2.45, 2.75) is 53.6 Å². The molecule has 0 saturated carbocycles. The number of rotatable bonds is 6. The monoisotopic (exact) mass is 292 g/mol. The number of carbonyl (C=O) groups is 1. The Hall–Kier alpha value is -1.55. The Kier molecular flexibility index (Phi) is 6.21. The third-order valence-electron chi connectivity index (χ3n) is 3.06. The van der Waals surface area contributed by atoms with Crippen LogP contribution in [0.25, 0.3) is 0 Å². The molecule has 0 saturated heterocycles. The molecule has 0 radical (unpaired) electrons. The summed E-state index contributed by atoms with van der Waals surface area (Å²) in [5.74, 6) is 0.718. The lowest BCUT2D eigenvalue weighted by Gasteiger charge is -2.21. The molecule has 2 N–H and O–H groups in total. The second-order valence-electron chi connectivity index (χ2n) is 6.40. The summed E-state index contributed by atoms with van der Waals surface area (Å²) in [5, 5.41) is 6.20. The van der Waals surface area contributed by atoms with Crippen LogP contribution in [0.1, 0.15) is 44.4 Å². The fraction of sp³-hybridized carbons (Fsp3) is 0.588. The molecule has 0 aliphatic heterocycles.